The average Bonchev–Trinajstić information content (AvgIpc) is 2.93. The van der Waals surface area contributed by atoms with Gasteiger partial charge in [-0.3, -0.25) is 9.59 Å². The van der Waals surface area contributed by atoms with E-state index in [1.807, 2.05) is 6.08 Å². The molecule has 0 aliphatic carbocycles. The van der Waals surface area contributed by atoms with Gasteiger partial charge in [0.15, 0.2) is 0 Å². The lowest BCUT2D eigenvalue weighted by Crippen LogP contribution is -2.45. The molecule has 3 heterocycles. The second kappa shape index (κ2) is 6.05. The lowest BCUT2D eigenvalue weighted by molar-refractivity contribution is -0.155. The van der Waals surface area contributed by atoms with E-state index in [2.05, 4.69) is 15.0 Å². The summed E-state index contributed by atoms with van der Waals surface area (Å²) in [6, 6.07) is -0.211. The van der Waals surface area contributed by atoms with Gasteiger partial charge < -0.3 is 20.1 Å². The summed E-state index contributed by atoms with van der Waals surface area (Å²) in [5.41, 5.74) is 0.688. The van der Waals surface area contributed by atoms with Gasteiger partial charge in [-0.1, -0.05) is 25.3 Å². The first-order chi connectivity index (χ1) is 10.1. The van der Waals surface area contributed by atoms with Crippen LogP contribution in [0.3, 0.4) is 0 Å². The molecule has 21 heavy (non-hydrogen) atoms. The molecule has 0 aromatic heterocycles. The van der Waals surface area contributed by atoms with E-state index < -0.39 is 18.3 Å². The van der Waals surface area contributed by atoms with E-state index in [0.29, 0.717) is 11.7 Å². The summed E-state index contributed by atoms with van der Waals surface area (Å²) in [6.45, 7) is 0.909. The van der Waals surface area contributed by atoms with Crippen molar-refractivity contribution in [2.75, 3.05) is 6.54 Å². The maximum atomic E-state index is 12.4. The number of hydrogen-bond acceptors (Lipinski definition) is 5. The van der Waals surface area contributed by atoms with Gasteiger partial charge in [-0.25, -0.2) is 0 Å². The normalized spacial score (nSPS) is 32.8. The molecule has 0 saturated carbocycles. The molecule has 6 heteroatoms. The van der Waals surface area contributed by atoms with E-state index >= 15 is 0 Å². The second-order valence-electron chi connectivity index (χ2n) is 6.04. The van der Waals surface area contributed by atoms with Crippen LogP contribution in [0, 0.1) is 0 Å². The van der Waals surface area contributed by atoms with Crippen molar-refractivity contribution in [2.24, 2.45) is 0 Å². The van der Waals surface area contributed by atoms with Crippen molar-refractivity contribution in [1.29, 1.82) is 0 Å². The lowest BCUT2D eigenvalue weighted by Gasteiger charge is -2.31. The minimum Gasteiger partial charge on any atom is -0.434 e. The van der Waals surface area contributed by atoms with Gasteiger partial charge >= 0.3 is 5.97 Å². The fraction of sp³-hybridized carbons (Fsp3) is 0.733. The second-order valence-corrected chi connectivity index (χ2v) is 6.04. The van der Waals surface area contributed by atoms with Gasteiger partial charge in [0, 0.05) is 12.6 Å². The number of rotatable bonds is 2. The van der Waals surface area contributed by atoms with E-state index in [0.717, 1.165) is 25.8 Å². The van der Waals surface area contributed by atoms with Crippen molar-refractivity contribution in [3.05, 3.63) is 11.8 Å². The van der Waals surface area contributed by atoms with Crippen LogP contribution in [-0.2, 0) is 14.3 Å². The van der Waals surface area contributed by atoms with Crippen molar-refractivity contribution in [2.45, 2.75) is 63.3 Å². The summed E-state index contributed by atoms with van der Waals surface area (Å²) in [7, 11) is 0. The topological polar surface area (TPSA) is 78.9 Å². The number of esters is 1. The standard InChI is InChI=1S/C15H22N2O4/c18-13-9-11(15(20)21-13)16-14(19)12-7-6-10-5-3-1-2-4-8-17(10)12/h7,10-11,15,20H,1-6,8-9H2,(H,16,19). The van der Waals surface area contributed by atoms with Crippen LogP contribution in [0.15, 0.2) is 11.8 Å². The Balaban J connectivity index is 1.63. The van der Waals surface area contributed by atoms with Gasteiger partial charge in [0.05, 0.1) is 12.1 Å². The number of carbonyl (C=O) groups is 2. The molecule has 0 aromatic carbocycles. The van der Waals surface area contributed by atoms with Crippen LogP contribution in [0.4, 0.5) is 0 Å². The summed E-state index contributed by atoms with van der Waals surface area (Å²) in [5.74, 6) is -0.683. The molecule has 0 aromatic rings. The first-order valence-electron chi connectivity index (χ1n) is 7.80. The quantitative estimate of drug-likeness (QED) is 0.731. The molecular formula is C15H22N2O4. The first kappa shape index (κ1) is 14.4. The Hall–Kier alpha value is -1.56. The third-order valence-electron chi connectivity index (χ3n) is 4.55. The highest BCUT2D eigenvalue weighted by Gasteiger charge is 2.37. The number of hydrogen-bond donors (Lipinski definition) is 2. The Morgan fingerprint density at radius 1 is 1.33 bits per heavy atom. The predicted octanol–water partition coefficient (Wildman–Crippen LogP) is 0.659. The molecule has 6 nitrogen and oxygen atoms in total. The molecule has 1 amide bonds. The number of fused-ring (bicyclic) bond motifs is 1. The molecule has 0 radical (unpaired) electrons. The van der Waals surface area contributed by atoms with Crippen LogP contribution in [-0.4, -0.2) is 46.8 Å². The molecule has 0 bridgehead atoms. The minimum atomic E-state index is -1.23. The van der Waals surface area contributed by atoms with Crippen LogP contribution in [0.5, 0.6) is 0 Å². The van der Waals surface area contributed by atoms with E-state index in [-0.39, 0.29) is 12.3 Å². The van der Waals surface area contributed by atoms with Gasteiger partial charge in [-0.2, -0.15) is 0 Å². The van der Waals surface area contributed by atoms with E-state index in [1.165, 1.54) is 19.3 Å². The zero-order chi connectivity index (χ0) is 14.8. The van der Waals surface area contributed by atoms with E-state index in [4.69, 9.17) is 0 Å². The van der Waals surface area contributed by atoms with Crippen molar-refractivity contribution in [1.82, 2.24) is 10.2 Å². The maximum Gasteiger partial charge on any atom is 0.310 e. The highest BCUT2D eigenvalue weighted by atomic mass is 16.6. The smallest absolute Gasteiger partial charge is 0.310 e. The fourth-order valence-corrected chi connectivity index (χ4v) is 3.41. The molecule has 2 fully saturated rings. The monoisotopic (exact) mass is 294 g/mol. The molecule has 2 saturated heterocycles. The number of aliphatic hydroxyl groups excluding tert-OH is 1. The van der Waals surface area contributed by atoms with Crippen LogP contribution >= 0.6 is 0 Å². The van der Waals surface area contributed by atoms with Crippen LogP contribution in [0.2, 0.25) is 0 Å². The Kier molecular flexibility index (Phi) is 4.14. The highest BCUT2D eigenvalue weighted by Crippen LogP contribution is 2.29. The van der Waals surface area contributed by atoms with Gasteiger partial charge in [-0.05, 0) is 19.3 Å². The number of aliphatic hydroxyl groups is 1. The molecule has 3 rings (SSSR count). The number of carbonyl (C=O) groups excluding carboxylic acids is 2. The number of cyclic esters (lactones) is 1. The van der Waals surface area contributed by atoms with E-state index in [1.54, 1.807) is 0 Å². The Labute approximate surface area is 124 Å². The van der Waals surface area contributed by atoms with Crippen molar-refractivity contribution in [3.8, 4) is 0 Å². The minimum absolute atomic E-state index is 0.0314. The molecule has 3 unspecified atom stereocenters. The highest BCUT2D eigenvalue weighted by molar-refractivity contribution is 5.94. The maximum absolute atomic E-state index is 12.4. The molecule has 3 aliphatic heterocycles. The number of ether oxygens (including phenoxy) is 1. The first-order valence-corrected chi connectivity index (χ1v) is 7.80. The summed E-state index contributed by atoms with van der Waals surface area (Å²) in [5, 5.41) is 12.3. The van der Waals surface area contributed by atoms with Crippen molar-refractivity contribution in [3.63, 3.8) is 0 Å². The van der Waals surface area contributed by atoms with Gasteiger partial charge in [-0.15, -0.1) is 0 Å². The zero-order valence-corrected chi connectivity index (χ0v) is 12.1. The van der Waals surface area contributed by atoms with Crippen molar-refractivity contribution < 1.29 is 19.4 Å². The van der Waals surface area contributed by atoms with Crippen LogP contribution < -0.4 is 5.32 Å². The fourth-order valence-electron chi connectivity index (χ4n) is 3.41. The Bertz CT molecular complexity index is 463. The summed E-state index contributed by atoms with van der Waals surface area (Å²) >= 11 is 0. The third kappa shape index (κ3) is 3.05. The molecule has 3 aliphatic rings. The Morgan fingerprint density at radius 2 is 2.14 bits per heavy atom. The number of amides is 1. The average molecular weight is 294 g/mol. The number of nitrogens with one attached hydrogen (secondary N) is 1. The van der Waals surface area contributed by atoms with Crippen LogP contribution in [0.1, 0.15) is 44.9 Å². The van der Waals surface area contributed by atoms with Gasteiger partial charge in [0.2, 0.25) is 6.29 Å². The summed E-state index contributed by atoms with van der Waals surface area (Å²) in [4.78, 5) is 25.7. The molecule has 2 N–H and O–H groups in total. The van der Waals surface area contributed by atoms with Gasteiger partial charge in [0.25, 0.3) is 5.91 Å². The zero-order valence-electron chi connectivity index (χ0n) is 12.1. The molecular weight excluding hydrogens is 272 g/mol. The number of nitrogens with zero attached hydrogens (tertiary/aromatic N) is 1. The SMILES string of the molecule is O=C1CC(NC(=O)C2=CCC3CCCCCCN23)C(O)O1. The molecule has 3 atom stereocenters. The Morgan fingerprint density at radius 3 is 2.90 bits per heavy atom. The summed E-state index contributed by atoms with van der Waals surface area (Å²) in [6.07, 6.45) is 7.63. The third-order valence-corrected chi connectivity index (χ3v) is 4.55. The van der Waals surface area contributed by atoms with Gasteiger partial charge in [0.1, 0.15) is 6.04 Å². The largest absolute Gasteiger partial charge is 0.434 e. The molecule has 116 valence electrons. The van der Waals surface area contributed by atoms with Crippen molar-refractivity contribution >= 4 is 11.9 Å². The predicted molar refractivity (Wildman–Crippen MR) is 74.9 cm³/mol. The van der Waals surface area contributed by atoms with E-state index in [9.17, 15) is 14.7 Å². The lowest BCUT2D eigenvalue weighted by atomic mass is 10.0. The summed E-state index contributed by atoms with van der Waals surface area (Å²) < 4.78 is 4.65. The molecule has 0 spiro atoms. The van der Waals surface area contributed by atoms with Crippen LogP contribution in [0.25, 0.3) is 0 Å².